The predicted molar refractivity (Wildman–Crippen MR) is 69.2 cm³/mol. The van der Waals surface area contributed by atoms with Crippen LogP contribution in [0.4, 0.5) is 5.82 Å². The second-order valence-corrected chi connectivity index (χ2v) is 4.38. The summed E-state index contributed by atoms with van der Waals surface area (Å²) in [5.41, 5.74) is 0.545. The molecule has 0 bridgehead atoms. The average Bonchev–Trinajstić information content (AvgIpc) is 2.96. The molecule has 20 heavy (non-hydrogen) atoms. The third kappa shape index (κ3) is 2.16. The van der Waals surface area contributed by atoms with Gasteiger partial charge in [-0.15, -0.1) is 5.10 Å². The molecule has 1 atom stereocenters. The molecular formula is C11H15N7O2. The third-order valence-corrected chi connectivity index (χ3v) is 3.19. The van der Waals surface area contributed by atoms with Gasteiger partial charge < -0.3 is 15.0 Å². The first-order valence-electron chi connectivity index (χ1n) is 6.47. The van der Waals surface area contributed by atoms with Crippen molar-refractivity contribution in [1.29, 1.82) is 0 Å². The van der Waals surface area contributed by atoms with Crippen molar-refractivity contribution < 1.29 is 9.53 Å². The fourth-order valence-electron chi connectivity index (χ4n) is 2.29. The van der Waals surface area contributed by atoms with E-state index in [1.54, 1.807) is 23.8 Å². The maximum Gasteiger partial charge on any atom is 0.330 e. The highest BCUT2D eigenvalue weighted by molar-refractivity contribution is 5.80. The van der Waals surface area contributed by atoms with Crippen LogP contribution in [-0.4, -0.2) is 63.3 Å². The highest BCUT2D eigenvalue weighted by atomic mass is 16.5. The minimum Gasteiger partial charge on any atom is -0.464 e. The van der Waals surface area contributed by atoms with E-state index in [4.69, 9.17) is 4.74 Å². The topological polar surface area (TPSA) is 97.5 Å². The van der Waals surface area contributed by atoms with Crippen LogP contribution in [0.25, 0.3) is 5.65 Å². The second-order valence-electron chi connectivity index (χ2n) is 4.38. The summed E-state index contributed by atoms with van der Waals surface area (Å²) in [5.74, 6) is 0.428. The number of esters is 1. The molecule has 1 aliphatic heterocycles. The summed E-state index contributed by atoms with van der Waals surface area (Å²) in [6.07, 6.45) is 3.23. The molecule has 106 valence electrons. The van der Waals surface area contributed by atoms with Crippen LogP contribution in [0.5, 0.6) is 0 Å². The summed E-state index contributed by atoms with van der Waals surface area (Å²) in [7, 11) is 0. The summed E-state index contributed by atoms with van der Waals surface area (Å²) in [5, 5.41) is 14.6. The molecule has 1 fully saturated rings. The van der Waals surface area contributed by atoms with Crippen molar-refractivity contribution in [3.8, 4) is 0 Å². The Morgan fingerprint density at radius 3 is 3.30 bits per heavy atom. The Kier molecular flexibility index (Phi) is 3.42. The van der Waals surface area contributed by atoms with Gasteiger partial charge in [0.25, 0.3) is 0 Å². The van der Waals surface area contributed by atoms with Gasteiger partial charge in [-0.3, -0.25) is 4.98 Å². The van der Waals surface area contributed by atoms with Gasteiger partial charge in [0.2, 0.25) is 0 Å². The van der Waals surface area contributed by atoms with E-state index in [1.807, 2.05) is 4.90 Å². The van der Waals surface area contributed by atoms with Crippen molar-refractivity contribution in [3.05, 3.63) is 12.4 Å². The number of piperazine rings is 1. The predicted octanol–water partition coefficient (Wildman–Crippen LogP) is -1.14. The lowest BCUT2D eigenvalue weighted by atomic mass is 10.2. The number of fused-ring (bicyclic) bond motifs is 1. The number of tetrazole rings is 1. The number of rotatable bonds is 3. The van der Waals surface area contributed by atoms with Crippen LogP contribution in [0, 0.1) is 0 Å². The number of ether oxygens (including phenoxy) is 1. The van der Waals surface area contributed by atoms with Gasteiger partial charge in [-0.05, 0) is 17.4 Å². The van der Waals surface area contributed by atoms with Gasteiger partial charge in [-0.2, -0.15) is 4.52 Å². The lowest BCUT2D eigenvalue weighted by Crippen LogP contribution is -2.56. The van der Waals surface area contributed by atoms with Crippen molar-refractivity contribution in [1.82, 2.24) is 30.3 Å². The molecule has 1 aliphatic rings. The van der Waals surface area contributed by atoms with Gasteiger partial charge >= 0.3 is 5.97 Å². The fourth-order valence-corrected chi connectivity index (χ4v) is 2.29. The standard InChI is InChI=1S/C11H15N7O2/c1-2-20-11(19)8-5-12-3-4-17(8)10-7-13-6-9-14-15-16-18(9)10/h6-8,12H,2-5H2,1H3. The molecular weight excluding hydrogens is 262 g/mol. The van der Waals surface area contributed by atoms with Crippen LogP contribution in [0.3, 0.4) is 0 Å². The Morgan fingerprint density at radius 2 is 2.45 bits per heavy atom. The van der Waals surface area contributed by atoms with E-state index in [2.05, 4.69) is 25.8 Å². The number of carbonyl (C=O) groups is 1. The zero-order valence-corrected chi connectivity index (χ0v) is 11.1. The summed E-state index contributed by atoms with van der Waals surface area (Å²) >= 11 is 0. The monoisotopic (exact) mass is 277 g/mol. The lowest BCUT2D eigenvalue weighted by molar-refractivity contribution is -0.144. The minimum absolute atomic E-state index is 0.259. The maximum absolute atomic E-state index is 12.1. The third-order valence-electron chi connectivity index (χ3n) is 3.19. The van der Waals surface area contributed by atoms with Gasteiger partial charge in [-0.25, -0.2) is 4.79 Å². The van der Waals surface area contributed by atoms with Crippen LogP contribution < -0.4 is 10.2 Å². The first-order chi connectivity index (χ1) is 9.81. The van der Waals surface area contributed by atoms with Crippen molar-refractivity contribution in [2.45, 2.75) is 13.0 Å². The number of nitrogens with zero attached hydrogens (tertiary/aromatic N) is 6. The zero-order valence-electron chi connectivity index (χ0n) is 11.1. The smallest absolute Gasteiger partial charge is 0.330 e. The van der Waals surface area contributed by atoms with Gasteiger partial charge in [0.1, 0.15) is 6.04 Å². The molecule has 0 amide bonds. The Labute approximate surface area is 114 Å². The van der Waals surface area contributed by atoms with Crippen molar-refractivity contribution in [2.24, 2.45) is 0 Å². The van der Waals surface area contributed by atoms with Crippen molar-refractivity contribution >= 4 is 17.4 Å². The molecule has 3 heterocycles. The van der Waals surface area contributed by atoms with E-state index < -0.39 is 6.04 Å². The van der Waals surface area contributed by atoms with Crippen LogP contribution >= 0.6 is 0 Å². The number of nitrogens with one attached hydrogen (secondary N) is 1. The molecule has 0 spiro atoms. The highest BCUT2D eigenvalue weighted by Crippen LogP contribution is 2.18. The van der Waals surface area contributed by atoms with E-state index in [0.717, 1.165) is 6.54 Å². The normalized spacial score (nSPS) is 19.2. The fraction of sp³-hybridized carbons (Fsp3) is 0.545. The molecule has 1 saturated heterocycles. The van der Waals surface area contributed by atoms with Gasteiger partial charge in [0.15, 0.2) is 11.5 Å². The molecule has 0 saturated carbocycles. The Bertz CT molecular complexity index is 614. The van der Waals surface area contributed by atoms with Crippen molar-refractivity contribution in [3.63, 3.8) is 0 Å². The molecule has 9 heteroatoms. The van der Waals surface area contributed by atoms with Gasteiger partial charge in [0, 0.05) is 19.6 Å². The lowest BCUT2D eigenvalue weighted by Gasteiger charge is -2.35. The number of hydrogen-bond donors (Lipinski definition) is 1. The maximum atomic E-state index is 12.1. The molecule has 0 aromatic carbocycles. The van der Waals surface area contributed by atoms with E-state index >= 15 is 0 Å². The SMILES string of the molecule is CCOC(=O)C1CNCCN1c1cncc2nnnn12. The van der Waals surface area contributed by atoms with Crippen LogP contribution in [0.1, 0.15) is 6.92 Å². The quantitative estimate of drug-likeness (QED) is 0.703. The minimum atomic E-state index is -0.403. The van der Waals surface area contributed by atoms with Crippen LogP contribution in [0.15, 0.2) is 12.4 Å². The van der Waals surface area contributed by atoms with E-state index in [0.29, 0.717) is 31.2 Å². The molecule has 0 radical (unpaired) electrons. The summed E-state index contributed by atoms with van der Waals surface area (Å²) < 4.78 is 6.70. The highest BCUT2D eigenvalue weighted by Gasteiger charge is 2.31. The number of anilines is 1. The molecule has 2 aromatic heterocycles. The molecule has 1 unspecified atom stereocenters. The number of carbonyl (C=O) groups excluding carboxylic acids is 1. The average molecular weight is 277 g/mol. The Morgan fingerprint density at radius 1 is 1.55 bits per heavy atom. The van der Waals surface area contributed by atoms with Gasteiger partial charge in [0.05, 0.1) is 19.0 Å². The summed E-state index contributed by atoms with van der Waals surface area (Å²) in [4.78, 5) is 18.1. The summed E-state index contributed by atoms with van der Waals surface area (Å²) in [6, 6.07) is -0.403. The molecule has 2 aromatic rings. The number of aromatic nitrogens is 5. The molecule has 3 rings (SSSR count). The van der Waals surface area contributed by atoms with E-state index in [1.165, 1.54) is 0 Å². The van der Waals surface area contributed by atoms with Crippen LogP contribution in [-0.2, 0) is 9.53 Å². The van der Waals surface area contributed by atoms with Crippen LogP contribution in [0.2, 0.25) is 0 Å². The molecule has 0 aliphatic carbocycles. The largest absolute Gasteiger partial charge is 0.464 e. The molecule has 1 N–H and O–H groups in total. The Balaban J connectivity index is 1.97. The first kappa shape index (κ1) is 12.7. The number of hydrogen-bond acceptors (Lipinski definition) is 8. The van der Waals surface area contributed by atoms with Crippen molar-refractivity contribution in [2.75, 3.05) is 31.1 Å². The first-order valence-corrected chi connectivity index (χ1v) is 6.47. The molecule has 9 nitrogen and oxygen atoms in total. The Hall–Kier alpha value is -2.29. The second kappa shape index (κ2) is 5.37. The summed E-state index contributed by atoms with van der Waals surface area (Å²) in [6.45, 7) is 4.11. The van der Waals surface area contributed by atoms with E-state index in [9.17, 15) is 4.79 Å². The van der Waals surface area contributed by atoms with E-state index in [-0.39, 0.29) is 5.97 Å². The zero-order chi connectivity index (χ0) is 13.9. The van der Waals surface area contributed by atoms with Gasteiger partial charge in [-0.1, -0.05) is 0 Å².